The van der Waals surface area contributed by atoms with Gasteiger partial charge in [-0.05, 0) is 36.1 Å². The molecule has 0 saturated carbocycles. The molecule has 1 amide bonds. The number of aliphatic hydroxyl groups excluding tert-OH is 1. The summed E-state index contributed by atoms with van der Waals surface area (Å²) in [6.07, 6.45) is 0.854. The van der Waals surface area contributed by atoms with Crippen LogP contribution in [-0.4, -0.2) is 31.8 Å². The molecule has 0 saturated heterocycles. The molecule has 0 aliphatic rings. The summed E-state index contributed by atoms with van der Waals surface area (Å²) in [5.41, 5.74) is 1.94. The van der Waals surface area contributed by atoms with Gasteiger partial charge in [0.25, 0.3) is 0 Å². The summed E-state index contributed by atoms with van der Waals surface area (Å²) in [5, 5.41) is 8.77. The Morgan fingerprint density at radius 3 is 2.63 bits per heavy atom. The maximum Gasteiger partial charge on any atom is 0.226 e. The fraction of sp³-hybridized carbons (Fsp3) is 0.533. The van der Waals surface area contributed by atoms with Crippen molar-refractivity contribution in [2.45, 2.75) is 32.6 Å². The van der Waals surface area contributed by atoms with E-state index in [2.05, 4.69) is 13.8 Å². The normalized spacial score (nSPS) is 10.6. The maximum atomic E-state index is 11.9. The first-order valence-corrected chi connectivity index (χ1v) is 6.56. The molecular weight excluding hydrogens is 242 g/mol. The first-order chi connectivity index (χ1) is 9.01. The number of ether oxygens (including phenoxy) is 1. The third-order valence-corrected chi connectivity index (χ3v) is 3.15. The van der Waals surface area contributed by atoms with Crippen molar-refractivity contribution in [2.75, 3.05) is 25.7 Å². The average Bonchev–Trinajstić information content (AvgIpc) is 2.42. The lowest BCUT2D eigenvalue weighted by Crippen LogP contribution is -2.26. The first-order valence-electron chi connectivity index (χ1n) is 6.56. The van der Waals surface area contributed by atoms with Crippen LogP contribution in [0.5, 0.6) is 5.75 Å². The van der Waals surface area contributed by atoms with Crippen molar-refractivity contribution in [3.63, 3.8) is 0 Å². The van der Waals surface area contributed by atoms with Crippen molar-refractivity contribution >= 4 is 11.6 Å². The third kappa shape index (κ3) is 3.96. The van der Waals surface area contributed by atoms with Crippen LogP contribution in [0.1, 0.15) is 38.2 Å². The second kappa shape index (κ2) is 7.14. The Morgan fingerprint density at radius 1 is 1.42 bits per heavy atom. The van der Waals surface area contributed by atoms with Crippen LogP contribution in [0.4, 0.5) is 5.69 Å². The van der Waals surface area contributed by atoms with Crippen LogP contribution in [0.2, 0.25) is 0 Å². The molecular formula is C15H23NO3. The molecule has 0 aliphatic carbocycles. The van der Waals surface area contributed by atoms with Crippen molar-refractivity contribution < 1.29 is 14.6 Å². The van der Waals surface area contributed by atoms with E-state index in [1.165, 1.54) is 0 Å². The zero-order valence-corrected chi connectivity index (χ0v) is 12.1. The number of amides is 1. The summed E-state index contributed by atoms with van der Waals surface area (Å²) in [6.45, 7) is 4.23. The molecule has 0 radical (unpaired) electrons. The predicted molar refractivity (Wildman–Crippen MR) is 76.8 cm³/mol. The monoisotopic (exact) mass is 265 g/mol. The van der Waals surface area contributed by atoms with Gasteiger partial charge in [-0.3, -0.25) is 4.79 Å². The van der Waals surface area contributed by atoms with E-state index in [1.54, 1.807) is 19.1 Å². The van der Waals surface area contributed by atoms with Crippen LogP contribution >= 0.6 is 0 Å². The fourth-order valence-corrected chi connectivity index (χ4v) is 1.92. The van der Waals surface area contributed by atoms with Crippen LogP contribution in [0.3, 0.4) is 0 Å². The number of hydrogen-bond acceptors (Lipinski definition) is 3. The molecule has 4 nitrogen and oxygen atoms in total. The largest absolute Gasteiger partial charge is 0.496 e. The Morgan fingerprint density at radius 2 is 2.11 bits per heavy atom. The molecule has 19 heavy (non-hydrogen) atoms. The van der Waals surface area contributed by atoms with Gasteiger partial charge in [-0.25, -0.2) is 0 Å². The van der Waals surface area contributed by atoms with Crippen molar-refractivity contribution in [1.29, 1.82) is 0 Å². The number of anilines is 1. The highest BCUT2D eigenvalue weighted by atomic mass is 16.5. The number of carbonyl (C=O) groups excluding carboxylic acids is 1. The van der Waals surface area contributed by atoms with Crippen molar-refractivity contribution in [3.05, 3.63) is 23.8 Å². The molecule has 0 aromatic heterocycles. The fourth-order valence-electron chi connectivity index (χ4n) is 1.92. The highest BCUT2D eigenvalue weighted by Gasteiger charge is 2.14. The smallest absolute Gasteiger partial charge is 0.226 e. The van der Waals surface area contributed by atoms with E-state index in [1.807, 2.05) is 18.2 Å². The Kier molecular flexibility index (Phi) is 5.83. The van der Waals surface area contributed by atoms with E-state index >= 15 is 0 Å². The Balaban J connectivity index is 2.95. The van der Waals surface area contributed by atoms with Gasteiger partial charge >= 0.3 is 0 Å². The Bertz CT molecular complexity index is 429. The summed E-state index contributed by atoms with van der Waals surface area (Å²) < 4.78 is 5.33. The van der Waals surface area contributed by atoms with Gasteiger partial charge in [0.05, 0.1) is 7.11 Å². The van der Waals surface area contributed by atoms with Gasteiger partial charge in [-0.1, -0.05) is 13.8 Å². The summed E-state index contributed by atoms with van der Waals surface area (Å²) in [6, 6.07) is 5.75. The van der Waals surface area contributed by atoms with Gasteiger partial charge in [0.15, 0.2) is 0 Å². The lowest BCUT2D eigenvalue weighted by Gasteiger charge is -2.20. The molecule has 0 atom stereocenters. The van der Waals surface area contributed by atoms with Gasteiger partial charge in [0.2, 0.25) is 5.91 Å². The van der Waals surface area contributed by atoms with Gasteiger partial charge in [0, 0.05) is 25.8 Å². The molecule has 0 heterocycles. The van der Waals surface area contributed by atoms with E-state index in [4.69, 9.17) is 9.84 Å². The molecule has 0 spiro atoms. The quantitative estimate of drug-likeness (QED) is 0.860. The SMILES string of the molecule is COc1ccc(N(C)C(=O)CCCO)cc1C(C)C. The topological polar surface area (TPSA) is 49.8 Å². The van der Waals surface area contributed by atoms with Crippen LogP contribution < -0.4 is 9.64 Å². The predicted octanol–water partition coefficient (Wildman–Crippen LogP) is 2.55. The lowest BCUT2D eigenvalue weighted by molar-refractivity contribution is -0.118. The van der Waals surface area contributed by atoms with Crippen LogP contribution in [0, 0.1) is 0 Å². The van der Waals surface area contributed by atoms with E-state index in [0.717, 1.165) is 17.0 Å². The Hall–Kier alpha value is -1.55. The molecule has 4 heteroatoms. The lowest BCUT2D eigenvalue weighted by atomic mass is 10.0. The minimum absolute atomic E-state index is 0.00826. The number of carbonyl (C=O) groups is 1. The highest BCUT2D eigenvalue weighted by molar-refractivity contribution is 5.93. The van der Waals surface area contributed by atoms with Crippen LogP contribution in [0.25, 0.3) is 0 Å². The Labute approximate surface area is 115 Å². The summed E-state index contributed by atoms with van der Waals surface area (Å²) in [5.74, 6) is 1.18. The average molecular weight is 265 g/mol. The molecule has 0 bridgehead atoms. The van der Waals surface area contributed by atoms with Crippen molar-refractivity contribution in [3.8, 4) is 5.75 Å². The minimum Gasteiger partial charge on any atom is -0.496 e. The van der Waals surface area contributed by atoms with E-state index in [-0.39, 0.29) is 12.5 Å². The molecule has 1 rings (SSSR count). The zero-order chi connectivity index (χ0) is 14.4. The van der Waals surface area contributed by atoms with E-state index in [9.17, 15) is 4.79 Å². The number of rotatable bonds is 6. The second-order valence-corrected chi connectivity index (χ2v) is 4.86. The number of methoxy groups -OCH3 is 1. The van der Waals surface area contributed by atoms with E-state index < -0.39 is 0 Å². The molecule has 106 valence electrons. The first kappa shape index (κ1) is 15.5. The molecule has 0 unspecified atom stereocenters. The van der Waals surface area contributed by atoms with E-state index in [0.29, 0.717) is 18.8 Å². The van der Waals surface area contributed by atoms with Gasteiger partial charge in [-0.2, -0.15) is 0 Å². The molecule has 0 fully saturated rings. The van der Waals surface area contributed by atoms with Crippen LogP contribution in [0.15, 0.2) is 18.2 Å². The highest BCUT2D eigenvalue weighted by Crippen LogP contribution is 2.30. The molecule has 1 aromatic rings. The number of nitrogens with zero attached hydrogens (tertiary/aromatic N) is 1. The van der Waals surface area contributed by atoms with Crippen molar-refractivity contribution in [1.82, 2.24) is 0 Å². The third-order valence-electron chi connectivity index (χ3n) is 3.15. The zero-order valence-electron chi connectivity index (χ0n) is 12.1. The summed E-state index contributed by atoms with van der Waals surface area (Å²) >= 11 is 0. The number of aliphatic hydroxyl groups is 1. The minimum atomic E-state index is 0.00826. The summed E-state index contributed by atoms with van der Waals surface area (Å²) in [4.78, 5) is 13.5. The molecule has 1 N–H and O–H groups in total. The molecule has 0 aliphatic heterocycles. The van der Waals surface area contributed by atoms with Crippen molar-refractivity contribution in [2.24, 2.45) is 0 Å². The standard InChI is InChI=1S/C15H23NO3/c1-11(2)13-10-12(7-8-14(13)19-4)16(3)15(18)6-5-9-17/h7-8,10-11,17H,5-6,9H2,1-4H3. The number of benzene rings is 1. The summed E-state index contributed by atoms with van der Waals surface area (Å²) in [7, 11) is 3.41. The molecule has 1 aromatic carbocycles. The van der Waals surface area contributed by atoms with Gasteiger partial charge < -0.3 is 14.7 Å². The maximum absolute atomic E-state index is 11.9. The van der Waals surface area contributed by atoms with Crippen LogP contribution in [-0.2, 0) is 4.79 Å². The number of hydrogen-bond donors (Lipinski definition) is 1. The van der Waals surface area contributed by atoms with Gasteiger partial charge in [-0.15, -0.1) is 0 Å². The van der Waals surface area contributed by atoms with Gasteiger partial charge in [0.1, 0.15) is 5.75 Å². The second-order valence-electron chi connectivity index (χ2n) is 4.86.